The lowest BCUT2D eigenvalue weighted by Gasteiger charge is -2.34. The minimum atomic E-state index is -0.508. The summed E-state index contributed by atoms with van der Waals surface area (Å²) in [6, 6.07) is 111. The second-order valence-corrected chi connectivity index (χ2v) is 19.6. The van der Waals surface area contributed by atoms with Crippen LogP contribution in [0.25, 0.3) is 83.1 Å². The zero-order valence-corrected chi connectivity index (χ0v) is 41.3. The quantitative estimate of drug-likeness (QED) is 0.133. The zero-order valence-electron chi connectivity index (χ0n) is 41.3. The molecule has 0 radical (unpaired) electrons. The molecule has 12 aromatic carbocycles. The summed E-state index contributed by atoms with van der Waals surface area (Å²) in [5, 5.41) is 2.45. The molecule has 2 nitrogen and oxygen atoms in total. The number of rotatable bonds is 10. The minimum Gasteiger partial charge on any atom is -0.310 e. The van der Waals surface area contributed by atoms with Crippen LogP contribution in [0.15, 0.2) is 303 Å². The second kappa shape index (κ2) is 18.4. The van der Waals surface area contributed by atoms with Crippen LogP contribution in [0.1, 0.15) is 22.3 Å². The van der Waals surface area contributed by atoms with Gasteiger partial charge in [0.2, 0.25) is 0 Å². The summed E-state index contributed by atoms with van der Waals surface area (Å²) in [4.78, 5) is 2.40. The monoisotopic (exact) mass is 954 g/mol. The van der Waals surface area contributed by atoms with E-state index in [9.17, 15) is 0 Å². The van der Waals surface area contributed by atoms with Crippen molar-refractivity contribution in [1.29, 1.82) is 0 Å². The van der Waals surface area contributed by atoms with E-state index in [1.165, 1.54) is 77.5 Å². The first-order valence-electron chi connectivity index (χ1n) is 25.9. The minimum absolute atomic E-state index is 0.508. The lowest BCUT2D eigenvalue weighted by molar-refractivity contribution is 0.767. The van der Waals surface area contributed by atoms with Crippen LogP contribution >= 0.6 is 0 Å². The molecule has 1 aliphatic carbocycles. The lowest BCUT2D eigenvalue weighted by atomic mass is 9.67. The van der Waals surface area contributed by atoms with Gasteiger partial charge in [0.25, 0.3) is 0 Å². The fraction of sp³-hybridized carbons (Fsp3) is 0.0137. The van der Waals surface area contributed by atoms with Gasteiger partial charge in [-0.05, 0) is 127 Å². The summed E-state index contributed by atoms with van der Waals surface area (Å²) in [5.74, 6) is 0. The third-order valence-electron chi connectivity index (χ3n) is 15.5. The molecule has 0 fully saturated rings. The van der Waals surface area contributed by atoms with Crippen LogP contribution in [0.4, 0.5) is 17.1 Å². The summed E-state index contributed by atoms with van der Waals surface area (Å²) in [7, 11) is 0. The Morgan fingerprint density at radius 1 is 0.267 bits per heavy atom. The first-order valence-corrected chi connectivity index (χ1v) is 25.9. The van der Waals surface area contributed by atoms with Crippen LogP contribution in [0.2, 0.25) is 0 Å². The zero-order chi connectivity index (χ0) is 49.7. The summed E-state index contributed by atoms with van der Waals surface area (Å²) in [6.07, 6.45) is 0. The largest absolute Gasteiger partial charge is 0.310 e. The molecule has 0 saturated heterocycles. The maximum atomic E-state index is 2.49. The van der Waals surface area contributed by atoms with Crippen LogP contribution in [-0.2, 0) is 5.41 Å². The van der Waals surface area contributed by atoms with Crippen LogP contribution in [0, 0.1) is 0 Å². The molecule has 1 aromatic heterocycles. The van der Waals surface area contributed by atoms with Crippen molar-refractivity contribution in [2.24, 2.45) is 0 Å². The maximum Gasteiger partial charge on any atom is 0.0714 e. The first kappa shape index (κ1) is 44.0. The topological polar surface area (TPSA) is 8.17 Å². The van der Waals surface area contributed by atoms with Crippen molar-refractivity contribution >= 4 is 38.9 Å². The third-order valence-corrected chi connectivity index (χ3v) is 15.5. The fourth-order valence-corrected chi connectivity index (χ4v) is 12.1. The predicted molar refractivity (Wildman–Crippen MR) is 315 cm³/mol. The molecule has 1 aliphatic rings. The molecule has 0 atom stereocenters. The predicted octanol–water partition coefficient (Wildman–Crippen LogP) is 19.3. The molecule has 75 heavy (non-hydrogen) atoms. The van der Waals surface area contributed by atoms with Crippen molar-refractivity contribution < 1.29 is 0 Å². The average Bonchev–Trinajstić information content (AvgIpc) is 4.03. The summed E-state index contributed by atoms with van der Waals surface area (Å²) in [5.41, 5.74) is 23.3. The van der Waals surface area contributed by atoms with Gasteiger partial charge < -0.3 is 9.47 Å². The van der Waals surface area contributed by atoms with Crippen LogP contribution < -0.4 is 4.90 Å². The molecular formula is C73H50N2. The van der Waals surface area contributed by atoms with Crippen molar-refractivity contribution in [2.75, 3.05) is 4.90 Å². The van der Waals surface area contributed by atoms with E-state index in [1.807, 2.05) is 0 Å². The highest BCUT2D eigenvalue weighted by atomic mass is 15.1. The maximum absolute atomic E-state index is 2.49. The Balaban J connectivity index is 0.900. The molecule has 1 heterocycles. The van der Waals surface area contributed by atoms with Crippen LogP contribution in [0.3, 0.4) is 0 Å². The Kier molecular flexibility index (Phi) is 10.8. The molecule has 0 aliphatic heterocycles. The van der Waals surface area contributed by atoms with Crippen molar-refractivity contribution in [3.05, 3.63) is 326 Å². The molecule has 14 rings (SSSR count). The number of benzene rings is 12. The molecule has 352 valence electrons. The Morgan fingerprint density at radius 3 is 1.41 bits per heavy atom. The Morgan fingerprint density at radius 2 is 0.733 bits per heavy atom. The number of aromatic nitrogens is 1. The van der Waals surface area contributed by atoms with E-state index in [-0.39, 0.29) is 0 Å². The molecule has 0 saturated carbocycles. The van der Waals surface area contributed by atoms with E-state index < -0.39 is 5.41 Å². The van der Waals surface area contributed by atoms with Crippen molar-refractivity contribution in [2.45, 2.75) is 5.41 Å². The third kappa shape index (κ3) is 7.33. The average molecular weight is 955 g/mol. The SMILES string of the molecule is c1ccc(-c2ccc(-c3ccc(N(c4ccccc4)c4ccccc4-c4ccccc4-c4ccc5c6ccccc6n(-c6ccc7c(c6)C(c6ccccc6)(c6ccccc6)c6ccccc6-7)c5c4)cc3)cc2)cc1. The highest BCUT2D eigenvalue weighted by molar-refractivity contribution is 6.11. The Bertz CT molecular complexity index is 4160. The van der Waals surface area contributed by atoms with Crippen molar-refractivity contribution in [3.63, 3.8) is 0 Å². The number of para-hydroxylation sites is 3. The summed E-state index contributed by atoms with van der Waals surface area (Å²) >= 11 is 0. The Labute approximate surface area is 438 Å². The van der Waals surface area contributed by atoms with Gasteiger partial charge in [-0.25, -0.2) is 0 Å². The number of hydrogen-bond donors (Lipinski definition) is 0. The summed E-state index contributed by atoms with van der Waals surface area (Å²) < 4.78 is 2.49. The number of nitrogens with zero attached hydrogens (tertiary/aromatic N) is 2. The van der Waals surface area contributed by atoms with Crippen LogP contribution in [0.5, 0.6) is 0 Å². The fourth-order valence-electron chi connectivity index (χ4n) is 12.1. The molecule has 0 amide bonds. The van der Waals surface area contributed by atoms with E-state index in [0.29, 0.717) is 0 Å². The molecule has 13 aromatic rings. The van der Waals surface area contributed by atoms with Gasteiger partial charge in [-0.1, -0.05) is 249 Å². The Hall–Kier alpha value is -9.76. The van der Waals surface area contributed by atoms with Crippen LogP contribution in [-0.4, -0.2) is 4.57 Å². The number of fused-ring (bicyclic) bond motifs is 6. The first-order chi connectivity index (χ1) is 37.2. The van der Waals surface area contributed by atoms with Gasteiger partial charge in [-0.15, -0.1) is 0 Å². The van der Waals surface area contributed by atoms with Gasteiger partial charge in [0.1, 0.15) is 0 Å². The van der Waals surface area contributed by atoms with E-state index >= 15 is 0 Å². The van der Waals surface area contributed by atoms with Crippen molar-refractivity contribution in [3.8, 4) is 61.3 Å². The second-order valence-electron chi connectivity index (χ2n) is 19.6. The molecular weight excluding hydrogens is 905 g/mol. The van der Waals surface area contributed by atoms with Gasteiger partial charge >= 0.3 is 0 Å². The van der Waals surface area contributed by atoms with E-state index in [1.54, 1.807) is 0 Å². The lowest BCUT2D eigenvalue weighted by Crippen LogP contribution is -2.28. The van der Waals surface area contributed by atoms with Crippen molar-refractivity contribution in [1.82, 2.24) is 4.57 Å². The molecule has 0 spiro atoms. The van der Waals surface area contributed by atoms with Gasteiger partial charge in [0.05, 0.1) is 22.1 Å². The molecule has 0 unspecified atom stereocenters. The standard InChI is InChI=1S/C73H50N2/c1-5-21-51(22-6-1)52-37-39-53(40-38-52)54-41-44-59(45-42-54)74(58-27-11-4-12-28-58)70-35-19-16-32-65(70)62-30-14-13-29-61(62)55-43-47-67-66-33-17-20-36-71(66)75(72(67)49-55)60-46-48-64-63-31-15-18-34-68(63)73(69(64)50-60,56-23-7-2-8-24-56)57-25-9-3-10-26-57/h1-50H. The van der Waals surface area contributed by atoms with Gasteiger partial charge in [0.15, 0.2) is 0 Å². The highest BCUT2D eigenvalue weighted by Crippen LogP contribution is 2.57. The number of anilines is 3. The smallest absolute Gasteiger partial charge is 0.0714 e. The van der Waals surface area contributed by atoms with Gasteiger partial charge in [0, 0.05) is 33.4 Å². The molecule has 0 N–H and O–H groups in total. The molecule has 2 heteroatoms. The summed E-state index contributed by atoms with van der Waals surface area (Å²) in [6.45, 7) is 0. The van der Waals surface area contributed by atoms with Gasteiger partial charge in [-0.2, -0.15) is 0 Å². The number of hydrogen-bond acceptors (Lipinski definition) is 1. The van der Waals surface area contributed by atoms with E-state index in [2.05, 4.69) is 313 Å². The highest BCUT2D eigenvalue weighted by Gasteiger charge is 2.46. The van der Waals surface area contributed by atoms with E-state index in [0.717, 1.165) is 45.0 Å². The van der Waals surface area contributed by atoms with Gasteiger partial charge in [-0.3, -0.25) is 0 Å². The normalized spacial score (nSPS) is 12.4. The van der Waals surface area contributed by atoms with E-state index in [4.69, 9.17) is 0 Å². The molecule has 0 bridgehead atoms.